The van der Waals surface area contributed by atoms with E-state index in [1.807, 2.05) is 6.92 Å². The third-order valence-electron chi connectivity index (χ3n) is 2.69. The van der Waals surface area contributed by atoms with Gasteiger partial charge in [-0.3, -0.25) is 9.48 Å². The molecule has 2 rings (SSSR count). The van der Waals surface area contributed by atoms with E-state index in [-0.39, 0.29) is 11.6 Å². The highest BCUT2D eigenvalue weighted by Gasteiger charge is 2.14. The Hall–Kier alpha value is -1.69. The lowest BCUT2D eigenvalue weighted by Gasteiger charge is -2.05. The fourth-order valence-corrected chi connectivity index (χ4v) is 2.02. The number of aryl methyl sites for hydroxylation is 2. The van der Waals surface area contributed by atoms with Crippen molar-refractivity contribution in [1.29, 1.82) is 0 Å². The van der Waals surface area contributed by atoms with Crippen LogP contribution in [0.2, 0.25) is 0 Å². The first-order valence-corrected chi connectivity index (χ1v) is 6.61. The smallest absolute Gasteiger partial charge is 0.259 e. The summed E-state index contributed by atoms with van der Waals surface area (Å²) in [5, 5.41) is 6.73. The number of carbonyl (C=O) groups excluding carboxylic acids is 1. The van der Waals surface area contributed by atoms with Crippen LogP contribution in [0.1, 0.15) is 23.0 Å². The minimum absolute atomic E-state index is 0.150. The van der Waals surface area contributed by atoms with Crippen LogP contribution in [0, 0.1) is 12.7 Å². The summed E-state index contributed by atoms with van der Waals surface area (Å²) >= 11 is 3.17. The zero-order chi connectivity index (χ0) is 14.0. The Morgan fingerprint density at radius 2 is 2.26 bits per heavy atom. The molecule has 1 N–H and O–H groups in total. The minimum atomic E-state index is -0.483. The fraction of sp³-hybridized carbons (Fsp3) is 0.231. The van der Waals surface area contributed by atoms with Gasteiger partial charge in [0.05, 0.1) is 16.9 Å². The molecule has 0 aliphatic heterocycles. The molecule has 2 aromatic rings. The van der Waals surface area contributed by atoms with E-state index in [9.17, 15) is 9.18 Å². The number of benzene rings is 1. The number of rotatable bonds is 3. The molecule has 0 saturated heterocycles. The summed E-state index contributed by atoms with van der Waals surface area (Å²) in [5.41, 5.74) is 1.22. The first-order valence-electron chi connectivity index (χ1n) is 5.81. The van der Waals surface area contributed by atoms with Crippen molar-refractivity contribution in [2.24, 2.45) is 0 Å². The van der Waals surface area contributed by atoms with E-state index in [0.29, 0.717) is 22.3 Å². The Labute approximate surface area is 118 Å². The SMILES string of the molecule is CCn1cc(C(=O)Nc2ccc(Br)cc2F)c(C)n1. The van der Waals surface area contributed by atoms with Crippen molar-refractivity contribution in [2.45, 2.75) is 20.4 Å². The quantitative estimate of drug-likeness (QED) is 0.940. The molecule has 1 aromatic carbocycles. The molecule has 4 nitrogen and oxygen atoms in total. The van der Waals surface area contributed by atoms with Crippen molar-refractivity contribution >= 4 is 27.5 Å². The van der Waals surface area contributed by atoms with Crippen molar-refractivity contribution in [1.82, 2.24) is 9.78 Å². The average Bonchev–Trinajstić information content (AvgIpc) is 2.74. The van der Waals surface area contributed by atoms with E-state index >= 15 is 0 Å². The van der Waals surface area contributed by atoms with Gasteiger partial charge >= 0.3 is 0 Å². The Balaban J connectivity index is 2.23. The number of hydrogen-bond donors (Lipinski definition) is 1. The molecule has 0 bridgehead atoms. The van der Waals surface area contributed by atoms with E-state index in [1.54, 1.807) is 23.9 Å². The molecule has 1 amide bonds. The number of hydrogen-bond acceptors (Lipinski definition) is 2. The number of halogens is 2. The zero-order valence-electron chi connectivity index (χ0n) is 10.6. The van der Waals surface area contributed by atoms with E-state index in [1.165, 1.54) is 12.1 Å². The number of nitrogens with zero attached hydrogens (tertiary/aromatic N) is 2. The first kappa shape index (κ1) is 13.7. The molecule has 0 fully saturated rings. The van der Waals surface area contributed by atoms with Gasteiger partial charge in [0, 0.05) is 17.2 Å². The maximum atomic E-state index is 13.6. The molecule has 0 unspecified atom stereocenters. The minimum Gasteiger partial charge on any atom is -0.319 e. The van der Waals surface area contributed by atoms with Crippen LogP contribution in [0.15, 0.2) is 28.9 Å². The first-order chi connectivity index (χ1) is 9.01. The van der Waals surface area contributed by atoms with Gasteiger partial charge in [0.1, 0.15) is 5.82 Å². The van der Waals surface area contributed by atoms with Crippen LogP contribution in [0.3, 0.4) is 0 Å². The second kappa shape index (κ2) is 5.52. The lowest BCUT2D eigenvalue weighted by molar-refractivity contribution is 0.102. The average molecular weight is 326 g/mol. The summed E-state index contributed by atoms with van der Waals surface area (Å²) in [5.74, 6) is -0.846. The number of nitrogens with one attached hydrogen (secondary N) is 1. The van der Waals surface area contributed by atoms with Crippen molar-refractivity contribution in [3.63, 3.8) is 0 Å². The Bertz CT molecular complexity index is 624. The molecule has 0 saturated carbocycles. The van der Waals surface area contributed by atoms with Gasteiger partial charge < -0.3 is 5.32 Å². The van der Waals surface area contributed by atoms with Gasteiger partial charge in [-0.2, -0.15) is 5.10 Å². The molecule has 19 heavy (non-hydrogen) atoms. The second-order valence-corrected chi connectivity index (χ2v) is 4.98. The number of aromatic nitrogens is 2. The van der Waals surface area contributed by atoms with Gasteiger partial charge in [-0.25, -0.2) is 4.39 Å². The molecule has 100 valence electrons. The Morgan fingerprint density at radius 3 is 2.84 bits per heavy atom. The molecular weight excluding hydrogens is 313 g/mol. The van der Waals surface area contributed by atoms with Crippen molar-refractivity contribution in [3.8, 4) is 0 Å². The van der Waals surface area contributed by atoms with Crippen LogP contribution in [-0.4, -0.2) is 15.7 Å². The van der Waals surface area contributed by atoms with Crippen LogP contribution in [0.25, 0.3) is 0 Å². The Morgan fingerprint density at radius 1 is 1.53 bits per heavy atom. The van der Waals surface area contributed by atoms with E-state index in [2.05, 4.69) is 26.3 Å². The van der Waals surface area contributed by atoms with E-state index in [0.717, 1.165) is 0 Å². The van der Waals surface area contributed by atoms with Crippen molar-refractivity contribution < 1.29 is 9.18 Å². The Kier molecular flexibility index (Phi) is 3.99. The van der Waals surface area contributed by atoms with Crippen LogP contribution in [-0.2, 0) is 6.54 Å². The predicted molar refractivity (Wildman–Crippen MR) is 74.7 cm³/mol. The highest BCUT2D eigenvalue weighted by Crippen LogP contribution is 2.20. The molecule has 0 spiro atoms. The largest absolute Gasteiger partial charge is 0.319 e. The van der Waals surface area contributed by atoms with Crippen LogP contribution < -0.4 is 5.32 Å². The highest BCUT2D eigenvalue weighted by molar-refractivity contribution is 9.10. The molecule has 0 atom stereocenters. The van der Waals surface area contributed by atoms with Crippen molar-refractivity contribution in [2.75, 3.05) is 5.32 Å². The molecule has 0 aliphatic carbocycles. The summed E-state index contributed by atoms with van der Waals surface area (Å²) in [6.07, 6.45) is 1.65. The van der Waals surface area contributed by atoms with E-state index in [4.69, 9.17) is 0 Å². The lowest BCUT2D eigenvalue weighted by atomic mass is 10.2. The normalized spacial score (nSPS) is 10.5. The molecule has 0 aliphatic rings. The van der Waals surface area contributed by atoms with Gasteiger partial charge in [0.2, 0.25) is 0 Å². The third kappa shape index (κ3) is 3.01. The van der Waals surface area contributed by atoms with Crippen LogP contribution >= 0.6 is 15.9 Å². The molecule has 1 aromatic heterocycles. The lowest BCUT2D eigenvalue weighted by Crippen LogP contribution is -2.13. The summed E-state index contributed by atoms with van der Waals surface area (Å²) in [7, 11) is 0. The standard InChI is InChI=1S/C13H13BrFN3O/c1-3-18-7-10(8(2)17-18)13(19)16-12-5-4-9(14)6-11(12)15/h4-7H,3H2,1-2H3,(H,16,19). The zero-order valence-corrected chi connectivity index (χ0v) is 12.2. The maximum absolute atomic E-state index is 13.6. The second-order valence-electron chi connectivity index (χ2n) is 4.06. The summed E-state index contributed by atoms with van der Waals surface area (Å²) < 4.78 is 15.9. The fourth-order valence-electron chi connectivity index (χ4n) is 1.68. The van der Waals surface area contributed by atoms with E-state index < -0.39 is 5.82 Å². The van der Waals surface area contributed by atoms with Gasteiger partial charge in [-0.15, -0.1) is 0 Å². The summed E-state index contributed by atoms with van der Waals surface area (Å²) in [6.45, 7) is 4.36. The van der Waals surface area contributed by atoms with Crippen LogP contribution in [0.5, 0.6) is 0 Å². The number of amides is 1. The molecule has 6 heteroatoms. The molecule has 0 radical (unpaired) electrons. The van der Waals surface area contributed by atoms with Gasteiger partial charge in [-0.1, -0.05) is 15.9 Å². The monoisotopic (exact) mass is 325 g/mol. The van der Waals surface area contributed by atoms with Crippen LogP contribution in [0.4, 0.5) is 10.1 Å². The summed E-state index contributed by atoms with van der Waals surface area (Å²) in [4.78, 5) is 12.1. The van der Waals surface area contributed by atoms with Gasteiger partial charge in [0.15, 0.2) is 0 Å². The van der Waals surface area contributed by atoms with Crippen molar-refractivity contribution in [3.05, 3.63) is 45.9 Å². The topological polar surface area (TPSA) is 46.9 Å². The highest BCUT2D eigenvalue weighted by atomic mass is 79.9. The maximum Gasteiger partial charge on any atom is 0.259 e. The van der Waals surface area contributed by atoms with Gasteiger partial charge in [-0.05, 0) is 32.0 Å². The molecule has 1 heterocycles. The van der Waals surface area contributed by atoms with Gasteiger partial charge in [0.25, 0.3) is 5.91 Å². The molecular formula is C13H13BrFN3O. The predicted octanol–water partition coefficient (Wildman–Crippen LogP) is 3.37. The third-order valence-corrected chi connectivity index (χ3v) is 3.19. The number of anilines is 1. The number of carbonyl (C=O) groups is 1. The summed E-state index contributed by atoms with van der Waals surface area (Å²) in [6, 6.07) is 4.48.